The highest BCUT2D eigenvalue weighted by Crippen LogP contribution is 2.25. The minimum atomic E-state index is -0.153. The first-order valence-electron chi connectivity index (χ1n) is 8.00. The number of anilines is 2. The van der Waals surface area contributed by atoms with Crippen LogP contribution < -0.4 is 10.2 Å². The molecular weight excluding hydrogens is 288 g/mol. The molecule has 23 heavy (non-hydrogen) atoms. The van der Waals surface area contributed by atoms with Crippen LogP contribution in [0.1, 0.15) is 18.4 Å². The van der Waals surface area contributed by atoms with Gasteiger partial charge in [0, 0.05) is 38.6 Å². The number of benzene rings is 1. The Bertz CT molecular complexity index is 653. The van der Waals surface area contributed by atoms with Gasteiger partial charge in [0.15, 0.2) is 0 Å². The second-order valence-electron chi connectivity index (χ2n) is 5.82. The summed E-state index contributed by atoms with van der Waals surface area (Å²) in [5, 5.41) is 2.81. The lowest BCUT2D eigenvalue weighted by molar-refractivity contribution is 0.220. The van der Waals surface area contributed by atoms with E-state index in [-0.39, 0.29) is 6.03 Å². The van der Waals surface area contributed by atoms with Gasteiger partial charge in [0.25, 0.3) is 0 Å². The van der Waals surface area contributed by atoms with E-state index in [1.807, 2.05) is 18.2 Å². The lowest BCUT2D eigenvalue weighted by Crippen LogP contribution is -2.32. The molecule has 0 unspecified atom stereocenters. The highest BCUT2D eigenvalue weighted by Gasteiger charge is 2.17. The van der Waals surface area contributed by atoms with Crippen LogP contribution in [0.25, 0.3) is 0 Å². The van der Waals surface area contributed by atoms with Crippen LogP contribution in [-0.4, -0.2) is 36.1 Å². The van der Waals surface area contributed by atoms with Gasteiger partial charge >= 0.3 is 6.03 Å². The molecule has 0 atom stereocenters. The van der Waals surface area contributed by atoms with Gasteiger partial charge in [-0.3, -0.25) is 5.32 Å². The fourth-order valence-corrected chi connectivity index (χ4v) is 2.88. The Morgan fingerprint density at radius 2 is 1.91 bits per heavy atom. The second kappa shape index (κ2) is 7.13. The zero-order valence-electron chi connectivity index (χ0n) is 13.4. The van der Waals surface area contributed by atoms with E-state index in [1.54, 1.807) is 24.2 Å². The summed E-state index contributed by atoms with van der Waals surface area (Å²) in [5.74, 6) is 0.567. The average Bonchev–Trinajstić information content (AvgIpc) is 3.10. The van der Waals surface area contributed by atoms with Gasteiger partial charge in [0.2, 0.25) is 0 Å². The first kappa shape index (κ1) is 15.3. The molecule has 2 aromatic rings. The molecule has 0 radical (unpaired) electrons. The molecule has 120 valence electrons. The first-order valence-corrected chi connectivity index (χ1v) is 8.00. The summed E-state index contributed by atoms with van der Waals surface area (Å²) in [6.45, 7) is 2.77. The van der Waals surface area contributed by atoms with Crippen LogP contribution in [-0.2, 0) is 6.54 Å². The van der Waals surface area contributed by atoms with Gasteiger partial charge in [-0.2, -0.15) is 0 Å². The lowest BCUT2D eigenvalue weighted by Gasteiger charge is -2.24. The van der Waals surface area contributed by atoms with Gasteiger partial charge < -0.3 is 9.80 Å². The van der Waals surface area contributed by atoms with Crippen molar-refractivity contribution in [3.63, 3.8) is 0 Å². The Balaban J connectivity index is 1.67. The molecular formula is C18H22N4O. The predicted octanol–water partition coefficient (Wildman–Crippen LogP) is 3.35. The van der Waals surface area contributed by atoms with Crippen LogP contribution in [0.15, 0.2) is 48.7 Å². The van der Waals surface area contributed by atoms with Crippen molar-refractivity contribution < 1.29 is 4.79 Å². The van der Waals surface area contributed by atoms with Gasteiger partial charge in [-0.1, -0.05) is 24.3 Å². The lowest BCUT2D eigenvalue weighted by atomic mass is 10.1. The van der Waals surface area contributed by atoms with Crippen LogP contribution >= 0.6 is 0 Å². The Hall–Kier alpha value is -2.56. The summed E-state index contributed by atoms with van der Waals surface area (Å²) in [4.78, 5) is 20.5. The zero-order valence-corrected chi connectivity index (χ0v) is 13.4. The highest BCUT2D eigenvalue weighted by molar-refractivity contribution is 5.88. The number of nitrogens with one attached hydrogen (secondary N) is 1. The van der Waals surface area contributed by atoms with E-state index in [0.717, 1.165) is 13.1 Å². The number of amides is 2. The maximum Gasteiger partial charge on any atom is 0.323 e. The molecule has 0 aliphatic carbocycles. The smallest absolute Gasteiger partial charge is 0.323 e. The number of hydrogen-bond acceptors (Lipinski definition) is 3. The summed E-state index contributed by atoms with van der Waals surface area (Å²) in [6, 6.07) is 13.6. The van der Waals surface area contributed by atoms with E-state index < -0.39 is 0 Å². The number of rotatable bonds is 4. The number of urea groups is 1. The van der Waals surface area contributed by atoms with E-state index in [4.69, 9.17) is 0 Å². The van der Waals surface area contributed by atoms with Gasteiger partial charge in [-0.25, -0.2) is 9.78 Å². The Morgan fingerprint density at radius 3 is 2.65 bits per heavy atom. The molecule has 0 bridgehead atoms. The van der Waals surface area contributed by atoms with E-state index in [0.29, 0.717) is 12.4 Å². The third-order valence-electron chi connectivity index (χ3n) is 4.09. The van der Waals surface area contributed by atoms with Crippen molar-refractivity contribution in [2.24, 2.45) is 0 Å². The van der Waals surface area contributed by atoms with Gasteiger partial charge in [-0.15, -0.1) is 0 Å². The van der Waals surface area contributed by atoms with E-state index in [2.05, 4.69) is 33.4 Å². The maximum absolute atomic E-state index is 12.3. The number of carbonyl (C=O) groups excluding carboxylic acids is 1. The van der Waals surface area contributed by atoms with Crippen molar-refractivity contribution in [2.45, 2.75) is 19.4 Å². The summed E-state index contributed by atoms with van der Waals surface area (Å²) < 4.78 is 0. The van der Waals surface area contributed by atoms with Crippen molar-refractivity contribution >= 4 is 17.5 Å². The molecule has 5 heteroatoms. The van der Waals surface area contributed by atoms with Crippen LogP contribution in [0.4, 0.5) is 16.3 Å². The molecule has 2 amide bonds. The topological polar surface area (TPSA) is 48.5 Å². The maximum atomic E-state index is 12.3. The Kier molecular flexibility index (Phi) is 4.76. The minimum absolute atomic E-state index is 0.153. The average molecular weight is 310 g/mol. The first-order chi connectivity index (χ1) is 11.2. The molecule has 1 aromatic carbocycles. The van der Waals surface area contributed by atoms with Crippen LogP contribution in [0.5, 0.6) is 0 Å². The summed E-state index contributed by atoms with van der Waals surface area (Å²) >= 11 is 0. The molecule has 0 spiro atoms. The SMILES string of the molecule is CN(Cc1ccccc1N1CCCC1)C(=O)Nc1ccccn1. The molecule has 1 saturated heterocycles. The Labute approximate surface area is 136 Å². The summed E-state index contributed by atoms with van der Waals surface area (Å²) in [5.41, 5.74) is 2.41. The standard InChI is InChI=1S/C18H22N4O/c1-21(18(23)20-17-10-4-5-11-19-17)14-15-8-2-3-9-16(15)22-12-6-7-13-22/h2-5,8-11H,6-7,12-14H2,1H3,(H,19,20,23). The quantitative estimate of drug-likeness (QED) is 0.942. The molecule has 1 fully saturated rings. The fourth-order valence-electron chi connectivity index (χ4n) is 2.88. The molecule has 1 aromatic heterocycles. The van der Waals surface area contributed by atoms with Crippen molar-refractivity contribution in [3.8, 4) is 0 Å². The number of aromatic nitrogens is 1. The molecule has 1 N–H and O–H groups in total. The molecule has 0 saturated carbocycles. The van der Waals surface area contributed by atoms with E-state index in [1.165, 1.54) is 24.1 Å². The summed E-state index contributed by atoms with van der Waals surface area (Å²) in [7, 11) is 1.80. The Morgan fingerprint density at radius 1 is 1.17 bits per heavy atom. The number of hydrogen-bond donors (Lipinski definition) is 1. The summed E-state index contributed by atoms with van der Waals surface area (Å²) in [6.07, 6.45) is 4.15. The molecule has 1 aliphatic heterocycles. The van der Waals surface area contributed by atoms with E-state index in [9.17, 15) is 4.79 Å². The molecule has 2 heterocycles. The van der Waals surface area contributed by atoms with Crippen LogP contribution in [0, 0.1) is 0 Å². The minimum Gasteiger partial charge on any atom is -0.371 e. The van der Waals surface area contributed by atoms with Crippen molar-refractivity contribution in [3.05, 3.63) is 54.2 Å². The van der Waals surface area contributed by atoms with Crippen LogP contribution in [0.2, 0.25) is 0 Å². The molecule has 3 rings (SSSR count). The van der Waals surface area contributed by atoms with Crippen molar-refractivity contribution in [1.82, 2.24) is 9.88 Å². The van der Waals surface area contributed by atoms with Crippen LogP contribution in [0.3, 0.4) is 0 Å². The zero-order chi connectivity index (χ0) is 16.1. The monoisotopic (exact) mass is 310 g/mol. The third kappa shape index (κ3) is 3.80. The van der Waals surface area contributed by atoms with Gasteiger partial charge in [0.05, 0.1) is 0 Å². The largest absolute Gasteiger partial charge is 0.371 e. The molecule has 1 aliphatic rings. The second-order valence-corrected chi connectivity index (χ2v) is 5.82. The number of para-hydroxylation sites is 1. The van der Waals surface area contributed by atoms with Crippen molar-refractivity contribution in [1.29, 1.82) is 0 Å². The predicted molar refractivity (Wildman–Crippen MR) is 92.6 cm³/mol. The number of pyridine rings is 1. The highest BCUT2D eigenvalue weighted by atomic mass is 16.2. The third-order valence-corrected chi connectivity index (χ3v) is 4.09. The molecule has 5 nitrogen and oxygen atoms in total. The van der Waals surface area contributed by atoms with Crippen molar-refractivity contribution in [2.75, 3.05) is 30.4 Å². The number of nitrogens with zero attached hydrogens (tertiary/aromatic N) is 3. The van der Waals surface area contributed by atoms with Gasteiger partial charge in [0.1, 0.15) is 5.82 Å². The fraction of sp³-hybridized carbons (Fsp3) is 0.333. The number of carbonyl (C=O) groups is 1. The van der Waals surface area contributed by atoms with E-state index >= 15 is 0 Å². The van der Waals surface area contributed by atoms with Gasteiger partial charge in [-0.05, 0) is 36.6 Å². The normalized spacial score (nSPS) is 13.9.